The monoisotopic (exact) mass is 234 g/mol. The van der Waals surface area contributed by atoms with Crippen LogP contribution in [0, 0.1) is 19.3 Å². The van der Waals surface area contributed by atoms with Gasteiger partial charge in [0.2, 0.25) is 5.89 Å². The molecular weight excluding hydrogens is 216 g/mol. The summed E-state index contributed by atoms with van der Waals surface area (Å²) in [4.78, 5) is 6.46. The summed E-state index contributed by atoms with van der Waals surface area (Å²) >= 11 is 0. The Labute approximate surface area is 102 Å². The molecule has 0 saturated carbocycles. The molecule has 0 bridgehead atoms. The number of nitrogens with zero attached hydrogens (tertiary/aromatic N) is 3. The van der Waals surface area contributed by atoms with E-state index in [9.17, 15) is 0 Å². The minimum Gasteiger partial charge on any atom is -0.338 e. The minimum atomic E-state index is 0.524. The Morgan fingerprint density at radius 3 is 2.88 bits per heavy atom. The summed E-state index contributed by atoms with van der Waals surface area (Å²) in [6, 6.07) is 0.524. The number of hydrogen-bond acceptors (Lipinski definition) is 5. The SMILES string of the molecule is C#CCN1CCC(NCc2nc(C)no2)CC1. The van der Waals surface area contributed by atoms with E-state index >= 15 is 0 Å². The Morgan fingerprint density at radius 2 is 2.29 bits per heavy atom. The lowest BCUT2D eigenvalue weighted by Crippen LogP contribution is -2.42. The Hall–Kier alpha value is -1.38. The van der Waals surface area contributed by atoms with Crippen molar-refractivity contribution in [1.29, 1.82) is 0 Å². The maximum Gasteiger partial charge on any atom is 0.240 e. The van der Waals surface area contributed by atoms with Gasteiger partial charge in [-0.2, -0.15) is 4.98 Å². The molecule has 17 heavy (non-hydrogen) atoms. The van der Waals surface area contributed by atoms with Crippen LogP contribution >= 0.6 is 0 Å². The average Bonchev–Trinajstić information content (AvgIpc) is 2.75. The van der Waals surface area contributed by atoms with Crippen LogP contribution in [0.4, 0.5) is 0 Å². The highest BCUT2D eigenvalue weighted by atomic mass is 16.5. The van der Waals surface area contributed by atoms with Crippen LogP contribution < -0.4 is 5.32 Å². The van der Waals surface area contributed by atoms with Crippen LogP contribution in [0.15, 0.2) is 4.52 Å². The van der Waals surface area contributed by atoms with Crippen LogP contribution in [0.3, 0.4) is 0 Å². The van der Waals surface area contributed by atoms with Gasteiger partial charge in [-0.3, -0.25) is 4.90 Å². The molecule has 2 heterocycles. The highest BCUT2D eigenvalue weighted by Crippen LogP contribution is 2.10. The third kappa shape index (κ3) is 3.55. The molecule has 0 amide bonds. The van der Waals surface area contributed by atoms with Crippen LogP contribution in [0.2, 0.25) is 0 Å². The van der Waals surface area contributed by atoms with Crippen molar-refractivity contribution in [3.05, 3.63) is 11.7 Å². The van der Waals surface area contributed by atoms with E-state index in [1.165, 1.54) is 0 Å². The van der Waals surface area contributed by atoms with Gasteiger partial charge in [-0.15, -0.1) is 6.42 Å². The van der Waals surface area contributed by atoms with Crippen molar-refractivity contribution >= 4 is 0 Å². The van der Waals surface area contributed by atoms with Gasteiger partial charge < -0.3 is 9.84 Å². The third-order valence-corrected chi connectivity index (χ3v) is 3.01. The smallest absolute Gasteiger partial charge is 0.240 e. The molecule has 0 aromatic carbocycles. The Bertz CT molecular complexity index is 387. The van der Waals surface area contributed by atoms with E-state index in [-0.39, 0.29) is 0 Å². The molecule has 5 heteroatoms. The minimum absolute atomic E-state index is 0.524. The lowest BCUT2D eigenvalue weighted by atomic mass is 10.1. The van der Waals surface area contributed by atoms with E-state index in [1.54, 1.807) is 0 Å². The number of aryl methyl sites for hydroxylation is 1. The van der Waals surface area contributed by atoms with Crippen molar-refractivity contribution in [2.45, 2.75) is 32.4 Å². The number of hydrogen-bond donors (Lipinski definition) is 1. The topological polar surface area (TPSA) is 54.2 Å². The van der Waals surface area contributed by atoms with Gasteiger partial charge in [0, 0.05) is 19.1 Å². The highest BCUT2D eigenvalue weighted by molar-refractivity contribution is 4.91. The van der Waals surface area contributed by atoms with Gasteiger partial charge in [0.1, 0.15) is 0 Å². The van der Waals surface area contributed by atoms with E-state index in [4.69, 9.17) is 10.9 Å². The molecule has 1 saturated heterocycles. The second-order valence-corrected chi connectivity index (χ2v) is 4.37. The van der Waals surface area contributed by atoms with Crippen molar-refractivity contribution in [2.75, 3.05) is 19.6 Å². The number of likely N-dealkylation sites (tertiary alicyclic amines) is 1. The fraction of sp³-hybridized carbons (Fsp3) is 0.667. The molecule has 2 rings (SSSR count). The fourth-order valence-electron chi connectivity index (χ4n) is 2.07. The van der Waals surface area contributed by atoms with Crippen molar-refractivity contribution in [3.63, 3.8) is 0 Å². The predicted molar refractivity (Wildman–Crippen MR) is 64.2 cm³/mol. The first kappa shape index (κ1) is 12.1. The summed E-state index contributed by atoms with van der Waals surface area (Å²) in [5.74, 6) is 4.03. The van der Waals surface area contributed by atoms with Crippen molar-refractivity contribution in [3.8, 4) is 12.3 Å². The lowest BCUT2D eigenvalue weighted by Gasteiger charge is -2.30. The Kier molecular flexibility index (Phi) is 4.13. The van der Waals surface area contributed by atoms with Gasteiger partial charge in [0.05, 0.1) is 13.1 Å². The number of aromatic nitrogens is 2. The van der Waals surface area contributed by atoms with Crippen LogP contribution in [-0.4, -0.2) is 40.7 Å². The molecule has 1 aliphatic rings. The Morgan fingerprint density at radius 1 is 1.53 bits per heavy atom. The van der Waals surface area contributed by atoms with Gasteiger partial charge in [0.25, 0.3) is 0 Å². The molecule has 0 spiro atoms. The molecular formula is C12H18N4O. The normalized spacial score (nSPS) is 18.1. The van der Waals surface area contributed by atoms with Crippen molar-refractivity contribution in [2.24, 2.45) is 0 Å². The molecule has 1 aromatic heterocycles. The molecule has 92 valence electrons. The van der Waals surface area contributed by atoms with Crippen LogP contribution in [0.1, 0.15) is 24.6 Å². The van der Waals surface area contributed by atoms with Crippen LogP contribution in [-0.2, 0) is 6.54 Å². The van der Waals surface area contributed by atoms with E-state index in [1.807, 2.05) is 6.92 Å². The molecule has 1 fully saturated rings. The predicted octanol–water partition coefficient (Wildman–Crippen LogP) is 0.565. The van der Waals surface area contributed by atoms with Crippen LogP contribution in [0.5, 0.6) is 0 Å². The second kappa shape index (κ2) is 5.80. The lowest BCUT2D eigenvalue weighted by molar-refractivity contribution is 0.213. The second-order valence-electron chi connectivity index (χ2n) is 4.37. The Balaban J connectivity index is 1.70. The van der Waals surface area contributed by atoms with Gasteiger partial charge in [0.15, 0.2) is 5.82 Å². The molecule has 0 radical (unpaired) electrons. The van der Waals surface area contributed by atoms with E-state index < -0.39 is 0 Å². The van der Waals surface area contributed by atoms with Crippen molar-refractivity contribution in [1.82, 2.24) is 20.4 Å². The molecule has 0 aliphatic carbocycles. The average molecular weight is 234 g/mol. The molecule has 0 unspecified atom stereocenters. The van der Waals surface area contributed by atoms with E-state index in [0.29, 0.717) is 24.3 Å². The first-order valence-electron chi connectivity index (χ1n) is 5.96. The maximum absolute atomic E-state index is 5.30. The fourth-order valence-corrected chi connectivity index (χ4v) is 2.07. The number of nitrogens with one attached hydrogen (secondary N) is 1. The zero-order valence-corrected chi connectivity index (χ0v) is 10.1. The largest absolute Gasteiger partial charge is 0.338 e. The summed E-state index contributed by atoms with van der Waals surface area (Å²) in [6.07, 6.45) is 7.54. The number of rotatable bonds is 4. The summed E-state index contributed by atoms with van der Waals surface area (Å²) in [5, 5.41) is 7.20. The molecule has 1 aliphatic heterocycles. The molecule has 0 atom stereocenters. The number of terminal acetylenes is 1. The first-order chi connectivity index (χ1) is 8.28. The molecule has 1 aromatic rings. The van der Waals surface area contributed by atoms with Gasteiger partial charge in [-0.05, 0) is 19.8 Å². The maximum atomic E-state index is 5.30. The van der Waals surface area contributed by atoms with Crippen molar-refractivity contribution < 1.29 is 4.52 Å². The zero-order valence-electron chi connectivity index (χ0n) is 10.1. The van der Waals surface area contributed by atoms with E-state index in [0.717, 1.165) is 32.5 Å². The standard InChI is InChI=1S/C12H18N4O/c1-3-6-16-7-4-11(5-8-16)13-9-12-14-10(2)15-17-12/h1,11,13H,4-9H2,2H3. The van der Waals surface area contributed by atoms with E-state index in [2.05, 4.69) is 26.3 Å². The van der Waals surface area contributed by atoms with Gasteiger partial charge >= 0.3 is 0 Å². The first-order valence-corrected chi connectivity index (χ1v) is 5.96. The number of piperidine rings is 1. The summed E-state index contributed by atoms with van der Waals surface area (Å²) < 4.78 is 5.05. The summed E-state index contributed by atoms with van der Waals surface area (Å²) in [5.41, 5.74) is 0. The molecule has 1 N–H and O–H groups in total. The summed E-state index contributed by atoms with van der Waals surface area (Å²) in [7, 11) is 0. The van der Waals surface area contributed by atoms with Gasteiger partial charge in [-0.25, -0.2) is 0 Å². The van der Waals surface area contributed by atoms with Gasteiger partial charge in [-0.1, -0.05) is 11.1 Å². The third-order valence-electron chi connectivity index (χ3n) is 3.01. The quantitative estimate of drug-likeness (QED) is 0.772. The molecule has 5 nitrogen and oxygen atoms in total. The van der Waals surface area contributed by atoms with Crippen LogP contribution in [0.25, 0.3) is 0 Å². The zero-order chi connectivity index (χ0) is 12.1. The highest BCUT2D eigenvalue weighted by Gasteiger charge is 2.18. The summed E-state index contributed by atoms with van der Waals surface area (Å²) in [6.45, 7) is 5.36.